The zero-order valence-electron chi connectivity index (χ0n) is 18.4. The predicted molar refractivity (Wildman–Crippen MR) is 114 cm³/mol. The van der Waals surface area contributed by atoms with Gasteiger partial charge in [0, 0.05) is 29.4 Å². The topological polar surface area (TPSA) is 18.5 Å². The van der Waals surface area contributed by atoms with Gasteiger partial charge in [0.2, 0.25) is 0 Å². The van der Waals surface area contributed by atoms with Gasteiger partial charge in [0.25, 0.3) is 5.79 Å². The van der Waals surface area contributed by atoms with E-state index in [9.17, 15) is 0 Å². The molecule has 1 aromatic carbocycles. The molecule has 4 aliphatic rings. The van der Waals surface area contributed by atoms with Crippen LogP contribution in [0, 0.1) is 11.3 Å². The molecule has 2 nitrogen and oxygen atoms in total. The van der Waals surface area contributed by atoms with Crippen molar-refractivity contribution in [3.8, 4) is 11.5 Å². The van der Waals surface area contributed by atoms with E-state index in [1.807, 2.05) is 0 Å². The number of hydrogen-bond donors (Lipinski definition) is 0. The summed E-state index contributed by atoms with van der Waals surface area (Å²) in [5, 5.41) is 0. The third-order valence-corrected chi connectivity index (χ3v) is 8.18. The highest BCUT2D eigenvalue weighted by molar-refractivity contribution is 5.63. The molecule has 152 valence electrons. The van der Waals surface area contributed by atoms with Gasteiger partial charge in [0.1, 0.15) is 0 Å². The Hall–Kier alpha value is -1.44. The Morgan fingerprint density at radius 2 is 1.71 bits per heavy atom. The first-order valence-corrected chi connectivity index (χ1v) is 11.5. The van der Waals surface area contributed by atoms with Crippen LogP contribution in [0.1, 0.15) is 102 Å². The van der Waals surface area contributed by atoms with Crippen LogP contribution in [0.3, 0.4) is 0 Å². The summed E-state index contributed by atoms with van der Waals surface area (Å²) in [6, 6.07) is 2.46. The minimum absolute atomic E-state index is 0.0402. The molecule has 3 aliphatic carbocycles. The molecular weight excluding hydrogens is 344 g/mol. The minimum Gasteiger partial charge on any atom is -0.448 e. The van der Waals surface area contributed by atoms with Crippen molar-refractivity contribution < 1.29 is 9.47 Å². The lowest BCUT2D eigenvalue weighted by Gasteiger charge is -2.51. The molecule has 1 aliphatic heterocycles. The van der Waals surface area contributed by atoms with E-state index in [1.54, 1.807) is 0 Å². The Balaban J connectivity index is 1.71. The first kappa shape index (κ1) is 18.6. The van der Waals surface area contributed by atoms with E-state index in [-0.39, 0.29) is 5.41 Å². The molecule has 1 saturated carbocycles. The van der Waals surface area contributed by atoms with Gasteiger partial charge in [-0.3, -0.25) is 0 Å². The van der Waals surface area contributed by atoms with Crippen molar-refractivity contribution >= 4 is 0 Å². The fourth-order valence-electron chi connectivity index (χ4n) is 6.75. The first-order chi connectivity index (χ1) is 13.3. The van der Waals surface area contributed by atoms with E-state index >= 15 is 0 Å². The molecule has 1 fully saturated rings. The van der Waals surface area contributed by atoms with Gasteiger partial charge in [-0.25, -0.2) is 0 Å². The molecule has 1 heterocycles. The standard InChI is InChI=1S/C26H36O2/c1-17(2)19-16-18-10-11-20-24(3,4)12-9-13-25(20,5)21(18)23-22(19)27-26(28-23)14-7-6-8-15-26/h9,13,16-17,20H,6-8,10-12,14-15H2,1-5H3/t20-,25+/m1/s1. The number of hydrogen-bond acceptors (Lipinski definition) is 2. The number of benzene rings is 1. The zero-order chi connectivity index (χ0) is 19.7. The summed E-state index contributed by atoms with van der Waals surface area (Å²) in [7, 11) is 0. The average Bonchev–Trinajstić information content (AvgIpc) is 2.98. The SMILES string of the molecule is CC(C)c1cc2c(c3c1OC1(CCCCC1)O3)[C@@]1(C)C=CCC(C)(C)[C@H]1CC2. The predicted octanol–water partition coefficient (Wildman–Crippen LogP) is 7.05. The quantitative estimate of drug-likeness (QED) is 0.486. The maximum atomic E-state index is 6.85. The Bertz CT molecular complexity index is 825. The summed E-state index contributed by atoms with van der Waals surface area (Å²) in [6.07, 6.45) is 14.3. The van der Waals surface area contributed by atoms with Gasteiger partial charge >= 0.3 is 0 Å². The lowest BCUT2D eigenvalue weighted by Crippen LogP contribution is -2.46. The van der Waals surface area contributed by atoms with Crippen molar-refractivity contribution in [1.29, 1.82) is 0 Å². The molecular formula is C26H36O2. The second-order valence-electron chi connectivity index (χ2n) is 11.0. The molecule has 2 heteroatoms. The number of aryl methyl sites for hydroxylation is 1. The Kier molecular flexibility index (Phi) is 4.00. The van der Waals surface area contributed by atoms with Crippen molar-refractivity contribution in [2.45, 2.75) is 103 Å². The Morgan fingerprint density at radius 3 is 2.43 bits per heavy atom. The summed E-state index contributed by atoms with van der Waals surface area (Å²) < 4.78 is 13.6. The van der Waals surface area contributed by atoms with Crippen LogP contribution in [0.25, 0.3) is 0 Å². The summed E-state index contributed by atoms with van der Waals surface area (Å²) in [5.41, 5.74) is 4.65. The molecule has 0 unspecified atom stereocenters. The minimum atomic E-state index is -0.406. The third kappa shape index (κ3) is 2.52. The van der Waals surface area contributed by atoms with Crippen LogP contribution in [0.2, 0.25) is 0 Å². The highest BCUT2D eigenvalue weighted by Gasteiger charge is 2.53. The van der Waals surface area contributed by atoms with Gasteiger partial charge in [0.05, 0.1) is 0 Å². The molecule has 0 amide bonds. The van der Waals surface area contributed by atoms with Crippen LogP contribution >= 0.6 is 0 Å². The van der Waals surface area contributed by atoms with Crippen LogP contribution in [0.4, 0.5) is 0 Å². The van der Waals surface area contributed by atoms with E-state index in [0.29, 0.717) is 17.3 Å². The molecule has 5 rings (SSSR count). The molecule has 28 heavy (non-hydrogen) atoms. The molecule has 1 aromatic rings. The van der Waals surface area contributed by atoms with Crippen molar-refractivity contribution in [3.63, 3.8) is 0 Å². The molecule has 0 N–H and O–H groups in total. The van der Waals surface area contributed by atoms with Crippen molar-refractivity contribution in [3.05, 3.63) is 34.9 Å². The third-order valence-electron chi connectivity index (χ3n) is 8.18. The number of fused-ring (bicyclic) bond motifs is 5. The average molecular weight is 381 g/mol. The molecule has 0 aromatic heterocycles. The zero-order valence-corrected chi connectivity index (χ0v) is 18.4. The van der Waals surface area contributed by atoms with Crippen LogP contribution < -0.4 is 9.47 Å². The van der Waals surface area contributed by atoms with Gasteiger partial charge in [0.15, 0.2) is 11.5 Å². The van der Waals surface area contributed by atoms with E-state index in [0.717, 1.165) is 30.8 Å². The smallest absolute Gasteiger partial charge is 0.251 e. The largest absolute Gasteiger partial charge is 0.448 e. The molecule has 0 bridgehead atoms. The highest BCUT2D eigenvalue weighted by Crippen LogP contribution is 2.61. The lowest BCUT2D eigenvalue weighted by atomic mass is 9.52. The van der Waals surface area contributed by atoms with Crippen LogP contribution in [0.15, 0.2) is 18.2 Å². The van der Waals surface area contributed by atoms with E-state index < -0.39 is 5.79 Å². The van der Waals surface area contributed by atoms with Gasteiger partial charge in [-0.15, -0.1) is 0 Å². The first-order valence-electron chi connectivity index (χ1n) is 11.5. The van der Waals surface area contributed by atoms with Crippen LogP contribution in [0.5, 0.6) is 11.5 Å². The summed E-state index contributed by atoms with van der Waals surface area (Å²) in [4.78, 5) is 0. The van der Waals surface area contributed by atoms with Gasteiger partial charge in [-0.05, 0) is 54.9 Å². The Morgan fingerprint density at radius 1 is 1.00 bits per heavy atom. The normalized spacial score (nSPS) is 31.7. The van der Waals surface area contributed by atoms with E-state index in [1.165, 1.54) is 48.8 Å². The maximum Gasteiger partial charge on any atom is 0.251 e. The van der Waals surface area contributed by atoms with Gasteiger partial charge in [-0.2, -0.15) is 0 Å². The summed E-state index contributed by atoms with van der Waals surface area (Å²) in [6.45, 7) is 11.9. The van der Waals surface area contributed by atoms with Crippen LogP contribution in [-0.2, 0) is 11.8 Å². The molecule has 2 atom stereocenters. The van der Waals surface area contributed by atoms with Crippen molar-refractivity contribution in [2.75, 3.05) is 0 Å². The molecule has 0 radical (unpaired) electrons. The van der Waals surface area contributed by atoms with Crippen molar-refractivity contribution in [2.24, 2.45) is 11.3 Å². The fourth-order valence-corrected chi connectivity index (χ4v) is 6.75. The maximum absolute atomic E-state index is 6.85. The summed E-state index contributed by atoms with van der Waals surface area (Å²) in [5.74, 6) is 2.85. The van der Waals surface area contributed by atoms with Crippen LogP contribution in [-0.4, -0.2) is 5.79 Å². The molecule has 1 spiro atoms. The monoisotopic (exact) mass is 380 g/mol. The number of allylic oxidation sites excluding steroid dienone is 2. The van der Waals surface area contributed by atoms with Gasteiger partial charge in [-0.1, -0.05) is 59.3 Å². The lowest BCUT2D eigenvalue weighted by molar-refractivity contribution is -0.106. The second kappa shape index (κ2) is 6.03. The van der Waals surface area contributed by atoms with Crippen molar-refractivity contribution in [1.82, 2.24) is 0 Å². The van der Waals surface area contributed by atoms with Gasteiger partial charge < -0.3 is 9.47 Å². The number of rotatable bonds is 1. The van der Waals surface area contributed by atoms with E-state index in [2.05, 4.69) is 52.8 Å². The Labute approximate surface area is 170 Å². The highest BCUT2D eigenvalue weighted by atomic mass is 16.7. The number of ether oxygens (including phenoxy) is 2. The molecule has 0 saturated heterocycles. The van der Waals surface area contributed by atoms with E-state index in [4.69, 9.17) is 9.47 Å². The summed E-state index contributed by atoms with van der Waals surface area (Å²) >= 11 is 0. The second-order valence-corrected chi connectivity index (χ2v) is 11.0. The fraction of sp³-hybridized carbons (Fsp3) is 0.692.